The smallest absolute Gasteiger partial charge is 0.238 e. The molecule has 0 saturated carbocycles. The van der Waals surface area contributed by atoms with Crippen LogP contribution in [0.25, 0.3) is 0 Å². The van der Waals surface area contributed by atoms with E-state index in [2.05, 4.69) is 19.8 Å². The highest BCUT2D eigenvalue weighted by Gasteiger charge is 2.21. The number of carbonyl (C=O) groups is 1. The van der Waals surface area contributed by atoms with Crippen LogP contribution in [0.15, 0.2) is 36.7 Å². The number of hydrogen-bond acceptors (Lipinski definition) is 4. The van der Waals surface area contributed by atoms with E-state index in [1.807, 2.05) is 43.6 Å². The van der Waals surface area contributed by atoms with E-state index in [-0.39, 0.29) is 5.91 Å². The summed E-state index contributed by atoms with van der Waals surface area (Å²) < 4.78 is 7.34. The Morgan fingerprint density at radius 3 is 2.60 bits per heavy atom. The van der Waals surface area contributed by atoms with Gasteiger partial charge in [0.25, 0.3) is 0 Å². The molecular formula is C19H26N4O2. The monoisotopic (exact) mass is 342 g/mol. The highest BCUT2D eigenvalue weighted by molar-refractivity contribution is 5.92. The fourth-order valence-corrected chi connectivity index (χ4v) is 3.28. The van der Waals surface area contributed by atoms with Gasteiger partial charge in [-0.2, -0.15) is 0 Å². The van der Waals surface area contributed by atoms with Crippen molar-refractivity contribution in [2.24, 2.45) is 5.92 Å². The molecule has 0 aliphatic carbocycles. The van der Waals surface area contributed by atoms with E-state index in [0.29, 0.717) is 12.5 Å². The number of nitrogens with zero attached hydrogens (tertiary/aromatic N) is 3. The van der Waals surface area contributed by atoms with Gasteiger partial charge in [0.05, 0.1) is 13.7 Å². The molecule has 1 N–H and O–H groups in total. The van der Waals surface area contributed by atoms with E-state index in [1.165, 1.54) is 0 Å². The minimum absolute atomic E-state index is 0.0362. The van der Waals surface area contributed by atoms with Crippen LogP contribution in [0.1, 0.15) is 18.7 Å². The summed E-state index contributed by atoms with van der Waals surface area (Å²) in [4.78, 5) is 18.7. The van der Waals surface area contributed by atoms with Crippen molar-refractivity contribution in [3.05, 3.63) is 42.5 Å². The average Bonchev–Trinajstić information content (AvgIpc) is 3.02. The molecule has 0 spiro atoms. The van der Waals surface area contributed by atoms with Crippen molar-refractivity contribution in [3.63, 3.8) is 0 Å². The first kappa shape index (κ1) is 17.5. The fourth-order valence-electron chi connectivity index (χ4n) is 3.28. The van der Waals surface area contributed by atoms with Gasteiger partial charge in [0.2, 0.25) is 5.91 Å². The molecule has 2 heterocycles. The van der Waals surface area contributed by atoms with Crippen molar-refractivity contribution in [1.29, 1.82) is 0 Å². The summed E-state index contributed by atoms with van der Waals surface area (Å²) in [6.07, 6.45) is 6.14. The van der Waals surface area contributed by atoms with Gasteiger partial charge in [0.1, 0.15) is 11.6 Å². The number of amides is 1. The molecule has 134 valence electrons. The molecule has 1 aromatic carbocycles. The number of nitrogens with one attached hydrogen (secondary N) is 1. The summed E-state index contributed by atoms with van der Waals surface area (Å²) in [6, 6.07) is 7.41. The van der Waals surface area contributed by atoms with Crippen LogP contribution in [-0.4, -0.2) is 47.1 Å². The van der Waals surface area contributed by atoms with Crippen molar-refractivity contribution >= 4 is 11.6 Å². The van der Waals surface area contributed by atoms with Gasteiger partial charge in [-0.1, -0.05) is 0 Å². The normalized spacial score (nSPS) is 15.9. The van der Waals surface area contributed by atoms with Gasteiger partial charge in [-0.25, -0.2) is 4.98 Å². The predicted molar refractivity (Wildman–Crippen MR) is 97.8 cm³/mol. The molecular weight excluding hydrogens is 316 g/mol. The van der Waals surface area contributed by atoms with E-state index in [1.54, 1.807) is 7.11 Å². The zero-order chi connectivity index (χ0) is 17.6. The van der Waals surface area contributed by atoms with E-state index < -0.39 is 0 Å². The topological polar surface area (TPSA) is 59.4 Å². The van der Waals surface area contributed by atoms with Crippen LogP contribution in [-0.2, 0) is 11.3 Å². The number of piperidine rings is 1. The minimum Gasteiger partial charge on any atom is -0.497 e. The van der Waals surface area contributed by atoms with Crippen LogP contribution in [0.3, 0.4) is 0 Å². The van der Waals surface area contributed by atoms with Gasteiger partial charge >= 0.3 is 0 Å². The van der Waals surface area contributed by atoms with E-state index in [9.17, 15) is 4.79 Å². The van der Waals surface area contributed by atoms with Gasteiger partial charge in [-0.05, 0) is 63.0 Å². The molecule has 1 saturated heterocycles. The fraction of sp³-hybridized carbons (Fsp3) is 0.474. The van der Waals surface area contributed by atoms with E-state index in [4.69, 9.17) is 4.74 Å². The summed E-state index contributed by atoms with van der Waals surface area (Å²) >= 11 is 0. The standard InChI is InChI=1S/C19H26N4O2/c1-15-20-9-12-23(15)13-16-7-10-22(11-8-16)14-19(24)21-17-3-5-18(25-2)6-4-17/h3-6,9,12,16H,7-8,10-11,13-14H2,1-2H3,(H,21,24). The van der Waals surface area contributed by atoms with Gasteiger partial charge in [0, 0.05) is 24.6 Å². The maximum absolute atomic E-state index is 12.2. The Morgan fingerprint density at radius 1 is 1.28 bits per heavy atom. The highest BCUT2D eigenvalue weighted by atomic mass is 16.5. The van der Waals surface area contributed by atoms with E-state index in [0.717, 1.165) is 49.7 Å². The molecule has 1 aliphatic heterocycles. The summed E-state index contributed by atoms with van der Waals surface area (Å²) in [7, 11) is 1.63. The molecule has 1 aromatic heterocycles. The van der Waals surface area contributed by atoms with Crippen LogP contribution in [0.2, 0.25) is 0 Å². The molecule has 0 bridgehead atoms. The third-order valence-electron chi connectivity index (χ3n) is 4.83. The molecule has 0 atom stereocenters. The minimum atomic E-state index is 0.0362. The highest BCUT2D eigenvalue weighted by Crippen LogP contribution is 2.20. The third-order valence-corrected chi connectivity index (χ3v) is 4.83. The second kappa shape index (κ2) is 8.16. The lowest BCUT2D eigenvalue weighted by atomic mass is 9.96. The maximum atomic E-state index is 12.2. The lowest BCUT2D eigenvalue weighted by molar-refractivity contribution is -0.117. The van der Waals surface area contributed by atoms with Crippen molar-refractivity contribution in [1.82, 2.24) is 14.5 Å². The van der Waals surface area contributed by atoms with Crippen molar-refractivity contribution in [2.75, 3.05) is 32.1 Å². The molecule has 2 aromatic rings. The molecule has 25 heavy (non-hydrogen) atoms. The number of likely N-dealkylation sites (tertiary alicyclic amines) is 1. The van der Waals surface area contributed by atoms with Gasteiger partial charge < -0.3 is 14.6 Å². The number of ether oxygens (including phenoxy) is 1. The number of methoxy groups -OCH3 is 1. The molecule has 1 fully saturated rings. The summed E-state index contributed by atoms with van der Waals surface area (Å²) in [5.41, 5.74) is 0.802. The Balaban J connectivity index is 1.42. The quantitative estimate of drug-likeness (QED) is 0.876. The number of anilines is 1. The SMILES string of the molecule is COc1ccc(NC(=O)CN2CCC(Cn3ccnc3C)CC2)cc1. The van der Waals surface area contributed by atoms with E-state index >= 15 is 0 Å². The van der Waals surface area contributed by atoms with Gasteiger partial charge in [0.15, 0.2) is 0 Å². The van der Waals surface area contributed by atoms with Crippen molar-refractivity contribution < 1.29 is 9.53 Å². The first-order chi connectivity index (χ1) is 12.1. The Morgan fingerprint density at radius 2 is 2.00 bits per heavy atom. The number of aryl methyl sites for hydroxylation is 1. The number of aromatic nitrogens is 2. The first-order valence-corrected chi connectivity index (χ1v) is 8.78. The Bertz CT molecular complexity index is 688. The van der Waals surface area contributed by atoms with Crippen LogP contribution < -0.4 is 10.1 Å². The molecule has 6 heteroatoms. The van der Waals surface area contributed by atoms with Crippen LogP contribution >= 0.6 is 0 Å². The largest absolute Gasteiger partial charge is 0.497 e. The maximum Gasteiger partial charge on any atom is 0.238 e. The van der Waals surface area contributed by atoms with Crippen LogP contribution in [0.5, 0.6) is 5.75 Å². The number of imidazole rings is 1. The zero-order valence-corrected chi connectivity index (χ0v) is 14.9. The molecule has 0 radical (unpaired) electrons. The summed E-state index contributed by atoms with van der Waals surface area (Å²) in [5.74, 6) is 2.55. The van der Waals surface area contributed by atoms with Crippen molar-refractivity contribution in [2.45, 2.75) is 26.3 Å². The third kappa shape index (κ3) is 4.82. The molecule has 0 unspecified atom stereocenters. The predicted octanol–water partition coefficient (Wildman–Crippen LogP) is 2.55. The number of benzene rings is 1. The van der Waals surface area contributed by atoms with Crippen LogP contribution in [0, 0.1) is 12.8 Å². The van der Waals surface area contributed by atoms with Gasteiger partial charge in [-0.3, -0.25) is 9.69 Å². The second-order valence-electron chi connectivity index (χ2n) is 6.62. The zero-order valence-electron chi connectivity index (χ0n) is 14.9. The summed E-state index contributed by atoms with van der Waals surface area (Å²) in [5, 5.41) is 2.95. The lowest BCUT2D eigenvalue weighted by Gasteiger charge is -2.31. The van der Waals surface area contributed by atoms with Crippen LogP contribution in [0.4, 0.5) is 5.69 Å². The average molecular weight is 342 g/mol. The Hall–Kier alpha value is -2.34. The number of hydrogen-bond donors (Lipinski definition) is 1. The number of carbonyl (C=O) groups excluding carboxylic acids is 1. The molecule has 3 rings (SSSR count). The van der Waals surface area contributed by atoms with Gasteiger partial charge in [-0.15, -0.1) is 0 Å². The second-order valence-corrected chi connectivity index (χ2v) is 6.62. The number of rotatable bonds is 6. The molecule has 6 nitrogen and oxygen atoms in total. The summed E-state index contributed by atoms with van der Waals surface area (Å²) in [6.45, 7) is 5.45. The lowest BCUT2D eigenvalue weighted by Crippen LogP contribution is -2.40. The van der Waals surface area contributed by atoms with Crippen molar-refractivity contribution in [3.8, 4) is 5.75 Å². The molecule has 1 amide bonds. The first-order valence-electron chi connectivity index (χ1n) is 8.78. The molecule has 1 aliphatic rings. The Labute approximate surface area is 148 Å². The Kier molecular flexibility index (Phi) is 5.71.